The molecule has 0 aliphatic rings. The third kappa shape index (κ3) is 8.48. The second kappa shape index (κ2) is 14.7. The first-order chi connectivity index (χ1) is 26.7. The van der Waals surface area contributed by atoms with Crippen LogP contribution >= 0.6 is 0 Å². The van der Waals surface area contributed by atoms with Crippen molar-refractivity contribution in [2.45, 2.75) is 25.9 Å². The fraction of sp³-hybridized carbons (Fsp3) is 0.118. The van der Waals surface area contributed by atoms with E-state index in [9.17, 15) is 35.9 Å². The van der Waals surface area contributed by atoms with Crippen molar-refractivity contribution >= 4 is 23.7 Å². The topological polar surface area (TPSA) is 207 Å². The third-order valence-electron chi connectivity index (χ3n) is 7.87. The Hall–Kier alpha value is -7.52. The summed E-state index contributed by atoms with van der Waals surface area (Å²) in [5.41, 5.74) is 2.10. The van der Waals surface area contributed by atoms with Crippen LogP contribution in [0.2, 0.25) is 0 Å². The molecule has 0 aliphatic heterocycles. The van der Waals surface area contributed by atoms with Crippen molar-refractivity contribution in [1.82, 2.24) is 55.1 Å². The first-order valence-corrected chi connectivity index (χ1v) is 16.0. The van der Waals surface area contributed by atoms with Gasteiger partial charge in [0.2, 0.25) is 17.8 Å². The number of nitrogens with zero attached hydrogens (tertiary/aromatic N) is 9. The van der Waals surface area contributed by atoms with Gasteiger partial charge in [0.25, 0.3) is 5.91 Å². The van der Waals surface area contributed by atoms with Crippen molar-refractivity contribution in [2.24, 2.45) is 0 Å². The summed E-state index contributed by atoms with van der Waals surface area (Å²) in [6.45, 7) is 1.56. The first kappa shape index (κ1) is 36.8. The highest BCUT2D eigenvalue weighted by Crippen LogP contribution is 2.30. The van der Waals surface area contributed by atoms with E-state index in [1.165, 1.54) is 35.4 Å². The predicted molar refractivity (Wildman–Crippen MR) is 183 cm³/mol. The largest absolute Gasteiger partial charge is 0.573 e. The van der Waals surface area contributed by atoms with Crippen LogP contribution in [0.1, 0.15) is 27.2 Å². The molecule has 0 bridgehead atoms. The van der Waals surface area contributed by atoms with Crippen LogP contribution in [0, 0.1) is 6.92 Å². The minimum atomic E-state index is -4.83. The molecule has 22 heteroatoms. The van der Waals surface area contributed by atoms with Crippen molar-refractivity contribution < 1.29 is 40.7 Å². The van der Waals surface area contributed by atoms with Crippen LogP contribution in [0.5, 0.6) is 5.75 Å². The van der Waals surface area contributed by atoms with Crippen LogP contribution in [0.15, 0.2) is 85.5 Å². The maximum atomic E-state index is 13.1. The van der Waals surface area contributed by atoms with Crippen LogP contribution in [-0.2, 0) is 17.4 Å². The fourth-order valence-corrected chi connectivity index (χ4v) is 5.23. The lowest BCUT2D eigenvalue weighted by Gasteiger charge is -2.09. The summed E-state index contributed by atoms with van der Waals surface area (Å²) in [5.74, 6) is -0.968. The Morgan fingerprint density at radius 2 is 1.36 bits per heavy atom. The van der Waals surface area contributed by atoms with Gasteiger partial charge in [-0.2, -0.15) is 18.3 Å². The lowest BCUT2D eigenvalue weighted by atomic mass is 10.1. The van der Waals surface area contributed by atoms with E-state index in [1.54, 1.807) is 31.2 Å². The zero-order valence-electron chi connectivity index (χ0n) is 28.3. The number of hydrogen-bond acceptors (Lipinski definition) is 11. The van der Waals surface area contributed by atoms with E-state index in [0.717, 1.165) is 24.3 Å². The van der Waals surface area contributed by atoms with Gasteiger partial charge in [0.1, 0.15) is 17.1 Å². The highest BCUT2D eigenvalue weighted by molar-refractivity contribution is 6.04. The predicted octanol–water partition coefficient (Wildman–Crippen LogP) is 5.95. The van der Waals surface area contributed by atoms with Gasteiger partial charge in [0.15, 0.2) is 17.5 Å². The number of halogens is 6. The molecule has 0 saturated heterocycles. The summed E-state index contributed by atoms with van der Waals surface area (Å²) in [7, 11) is 0. The van der Waals surface area contributed by atoms with Gasteiger partial charge in [-0.15, -0.1) is 33.6 Å². The molecule has 0 atom stereocenters. The molecule has 0 spiro atoms. The number of hydrogen-bond donors (Lipinski definition) is 4. The van der Waals surface area contributed by atoms with Gasteiger partial charge in [0, 0.05) is 18.6 Å². The molecule has 16 nitrogen and oxygen atoms in total. The maximum Gasteiger partial charge on any atom is 0.573 e. The molecule has 0 saturated carbocycles. The van der Waals surface area contributed by atoms with Crippen molar-refractivity contribution in [1.29, 1.82) is 0 Å². The second-order valence-electron chi connectivity index (χ2n) is 11.7. The van der Waals surface area contributed by atoms with Crippen molar-refractivity contribution in [2.75, 3.05) is 10.6 Å². The minimum absolute atomic E-state index is 0.00939. The first-order valence-electron chi connectivity index (χ1n) is 16.0. The number of ether oxygens (including phenoxy) is 1. The summed E-state index contributed by atoms with van der Waals surface area (Å²) in [6.07, 6.45) is -4.53. The minimum Gasteiger partial charge on any atom is -0.406 e. The molecule has 4 N–H and O–H groups in total. The molecule has 7 aromatic rings. The Bertz CT molecular complexity index is 2530. The number of aromatic nitrogens is 11. The third-order valence-corrected chi connectivity index (χ3v) is 7.87. The standard InChI is InChI=1S/C34H23F6N13O3/c1-17-23(16-44-53(17)26-7-4-21(15-43-26)33(35,36)37)30(55)48-32-47-29(50-52-32)25-14-20(9-11-42-25)19-8-10-41-24(13-19)28-46-31(51-49-28)45-27(54)12-18-2-5-22(6-3-18)56-34(38,39)40/h2-11,13-16H,12H2,1H3,(H2,45,46,49,51,54)(H2,47,48,50,52,55). The van der Waals surface area contributed by atoms with E-state index in [4.69, 9.17) is 0 Å². The van der Waals surface area contributed by atoms with Crippen molar-refractivity contribution in [3.63, 3.8) is 0 Å². The number of anilines is 2. The Kier molecular flexibility index (Phi) is 9.68. The molecular formula is C34H23F6N13O3. The smallest absolute Gasteiger partial charge is 0.406 e. The van der Waals surface area contributed by atoms with Gasteiger partial charge >= 0.3 is 12.5 Å². The van der Waals surface area contributed by atoms with Crippen LogP contribution in [0.3, 0.4) is 0 Å². The number of rotatable bonds is 10. The van der Waals surface area contributed by atoms with Crippen LogP contribution < -0.4 is 15.4 Å². The van der Waals surface area contributed by atoms with E-state index in [-0.39, 0.29) is 41.3 Å². The molecule has 56 heavy (non-hydrogen) atoms. The van der Waals surface area contributed by atoms with E-state index >= 15 is 0 Å². The van der Waals surface area contributed by atoms with Crippen LogP contribution in [0.4, 0.5) is 38.2 Å². The molecule has 6 heterocycles. The maximum absolute atomic E-state index is 13.1. The van der Waals surface area contributed by atoms with Crippen LogP contribution in [0.25, 0.3) is 40.0 Å². The van der Waals surface area contributed by atoms with Gasteiger partial charge in [-0.3, -0.25) is 30.2 Å². The molecular weight excluding hydrogens is 752 g/mol. The van der Waals surface area contributed by atoms with E-state index in [0.29, 0.717) is 40.0 Å². The van der Waals surface area contributed by atoms with Crippen molar-refractivity contribution in [3.05, 3.63) is 108 Å². The molecule has 1 aromatic carbocycles. The van der Waals surface area contributed by atoms with Gasteiger partial charge < -0.3 is 14.7 Å². The number of benzene rings is 1. The zero-order valence-corrected chi connectivity index (χ0v) is 28.3. The average molecular weight is 776 g/mol. The second-order valence-corrected chi connectivity index (χ2v) is 11.7. The lowest BCUT2D eigenvalue weighted by molar-refractivity contribution is -0.274. The number of aromatic amines is 2. The molecule has 284 valence electrons. The highest BCUT2D eigenvalue weighted by atomic mass is 19.4. The zero-order chi connectivity index (χ0) is 39.6. The molecule has 7 rings (SSSR count). The number of amides is 2. The molecule has 2 amide bonds. The van der Waals surface area contributed by atoms with E-state index < -0.39 is 35.7 Å². The Labute approximate surface area is 309 Å². The van der Waals surface area contributed by atoms with E-state index in [2.05, 4.69) is 65.8 Å². The number of H-pyrrole nitrogens is 2. The fourth-order valence-electron chi connectivity index (χ4n) is 5.23. The van der Waals surface area contributed by atoms with Gasteiger partial charge in [0.05, 0.1) is 29.4 Å². The number of carbonyl (C=O) groups excluding carboxylic acids is 2. The van der Waals surface area contributed by atoms with Crippen molar-refractivity contribution in [3.8, 4) is 45.7 Å². The highest BCUT2D eigenvalue weighted by Gasteiger charge is 2.32. The normalized spacial score (nSPS) is 11.7. The Morgan fingerprint density at radius 1 is 0.750 bits per heavy atom. The average Bonchev–Trinajstić information content (AvgIpc) is 3.92. The van der Waals surface area contributed by atoms with Gasteiger partial charge in [-0.25, -0.2) is 9.67 Å². The summed E-state index contributed by atoms with van der Waals surface area (Å²) in [5, 5.41) is 25.3. The van der Waals surface area contributed by atoms with E-state index in [1.807, 2.05) is 0 Å². The van der Waals surface area contributed by atoms with Gasteiger partial charge in [-0.05, 0) is 72.1 Å². The number of alkyl halides is 6. The monoisotopic (exact) mass is 775 g/mol. The molecule has 0 fully saturated rings. The summed E-state index contributed by atoms with van der Waals surface area (Å²) in [6, 6.07) is 13.8. The SMILES string of the molecule is Cc1c(C(=O)Nc2nnc(-c3cc(-c4ccnc(-c5nnc(NC(=O)Cc6ccc(OC(F)(F)F)cc6)[nH]5)c4)ccn3)[nH]2)cnn1-c1ccc(C(F)(F)F)cn1. The summed E-state index contributed by atoms with van der Waals surface area (Å²) in [4.78, 5) is 43.9. The number of carbonyl (C=O) groups is 2. The molecule has 0 aliphatic carbocycles. The Morgan fingerprint density at radius 3 is 1.91 bits per heavy atom. The molecule has 0 unspecified atom stereocenters. The summed E-state index contributed by atoms with van der Waals surface area (Å²) >= 11 is 0. The number of pyridine rings is 3. The van der Waals surface area contributed by atoms with Gasteiger partial charge in [-0.1, -0.05) is 12.1 Å². The quantitative estimate of drug-likeness (QED) is 0.119. The van der Waals surface area contributed by atoms with Crippen LogP contribution in [-0.4, -0.2) is 73.3 Å². The lowest BCUT2D eigenvalue weighted by Crippen LogP contribution is -2.17. The molecule has 0 radical (unpaired) electrons. The molecule has 6 aromatic heterocycles. The Balaban J connectivity index is 0.990. The summed E-state index contributed by atoms with van der Waals surface area (Å²) < 4.78 is 81.1. The number of nitrogens with one attached hydrogen (secondary N) is 4.